The molecule has 1 heterocycles. The van der Waals surface area contributed by atoms with Gasteiger partial charge in [0.25, 0.3) is 5.91 Å². The standard InChI is InChI=1S/C20H16F3N3O3/c1-26-10-9-24-19(26)18(28)13-5-7-15(8-6-13)25-17(27)12-29-16-4-2-3-14(11-16)20(21,22)23/h2-11H,12H2,1H3,(H,25,27). The van der Waals surface area contributed by atoms with Gasteiger partial charge in [-0.2, -0.15) is 13.2 Å². The summed E-state index contributed by atoms with van der Waals surface area (Å²) in [4.78, 5) is 28.3. The van der Waals surface area contributed by atoms with Crippen LogP contribution in [0.2, 0.25) is 0 Å². The van der Waals surface area contributed by atoms with Gasteiger partial charge in [0.05, 0.1) is 5.56 Å². The Morgan fingerprint density at radius 3 is 2.48 bits per heavy atom. The van der Waals surface area contributed by atoms with Gasteiger partial charge in [-0.25, -0.2) is 4.98 Å². The van der Waals surface area contributed by atoms with Crippen LogP contribution in [-0.4, -0.2) is 27.8 Å². The van der Waals surface area contributed by atoms with Gasteiger partial charge >= 0.3 is 6.18 Å². The number of halogens is 3. The highest BCUT2D eigenvalue weighted by atomic mass is 19.4. The van der Waals surface area contributed by atoms with Crippen molar-refractivity contribution in [2.75, 3.05) is 11.9 Å². The molecule has 0 fully saturated rings. The number of carbonyl (C=O) groups is 2. The fourth-order valence-corrected chi connectivity index (χ4v) is 2.53. The molecule has 0 saturated heterocycles. The molecule has 0 aliphatic carbocycles. The first kappa shape index (κ1) is 20.1. The van der Waals surface area contributed by atoms with Crippen LogP contribution in [0.1, 0.15) is 21.7 Å². The van der Waals surface area contributed by atoms with Gasteiger partial charge in [-0.15, -0.1) is 0 Å². The normalized spacial score (nSPS) is 11.2. The zero-order valence-electron chi connectivity index (χ0n) is 15.2. The lowest BCUT2D eigenvalue weighted by Gasteiger charge is -2.10. The lowest BCUT2D eigenvalue weighted by atomic mass is 10.1. The number of alkyl halides is 3. The predicted octanol–water partition coefficient (Wildman–Crippen LogP) is 3.69. The lowest BCUT2D eigenvalue weighted by Crippen LogP contribution is -2.20. The average Bonchev–Trinajstić information content (AvgIpc) is 3.12. The number of rotatable bonds is 6. The van der Waals surface area contributed by atoms with Crippen LogP contribution >= 0.6 is 0 Å². The van der Waals surface area contributed by atoms with Crippen molar-refractivity contribution in [1.29, 1.82) is 0 Å². The highest BCUT2D eigenvalue weighted by molar-refractivity contribution is 6.07. The molecule has 1 amide bonds. The van der Waals surface area contributed by atoms with Crippen LogP contribution in [0.25, 0.3) is 0 Å². The quantitative estimate of drug-likeness (QED) is 0.637. The van der Waals surface area contributed by atoms with Crippen LogP contribution in [0.4, 0.5) is 18.9 Å². The summed E-state index contributed by atoms with van der Waals surface area (Å²) in [5, 5.41) is 2.55. The summed E-state index contributed by atoms with van der Waals surface area (Å²) < 4.78 is 44.8. The number of benzene rings is 2. The number of aromatic nitrogens is 2. The minimum absolute atomic E-state index is 0.0639. The Hall–Kier alpha value is -3.62. The lowest BCUT2D eigenvalue weighted by molar-refractivity contribution is -0.137. The van der Waals surface area contributed by atoms with Crippen molar-refractivity contribution in [2.24, 2.45) is 7.05 Å². The number of ketones is 1. The number of ether oxygens (including phenoxy) is 1. The van der Waals surface area contributed by atoms with E-state index >= 15 is 0 Å². The Balaban J connectivity index is 1.57. The van der Waals surface area contributed by atoms with Gasteiger partial charge in [0.15, 0.2) is 12.4 Å². The minimum atomic E-state index is -4.49. The molecule has 9 heteroatoms. The van der Waals surface area contributed by atoms with Crippen molar-refractivity contribution in [1.82, 2.24) is 9.55 Å². The van der Waals surface area contributed by atoms with E-state index in [0.717, 1.165) is 12.1 Å². The van der Waals surface area contributed by atoms with Gasteiger partial charge < -0.3 is 14.6 Å². The molecule has 2 aromatic carbocycles. The summed E-state index contributed by atoms with van der Waals surface area (Å²) in [5.41, 5.74) is -0.0417. The third kappa shape index (κ3) is 5.01. The number of anilines is 1. The van der Waals surface area contributed by atoms with Gasteiger partial charge in [-0.1, -0.05) is 6.07 Å². The van der Waals surface area contributed by atoms with E-state index in [0.29, 0.717) is 11.3 Å². The maximum Gasteiger partial charge on any atom is 0.416 e. The Morgan fingerprint density at radius 2 is 1.86 bits per heavy atom. The molecule has 0 atom stereocenters. The number of hydrogen-bond donors (Lipinski definition) is 1. The fraction of sp³-hybridized carbons (Fsp3) is 0.150. The number of hydrogen-bond acceptors (Lipinski definition) is 4. The first-order chi connectivity index (χ1) is 13.7. The summed E-state index contributed by atoms with van der Waals surface area (Å²) >= 11 is 0. The van der Waals surface area contributed by atoms with Crippen molar-refractivity contribution in [2.45, 2.75) is 6.18 Å². The van der Waals surface area contributed by atoms with E-state index in [9.17, 15) is 22.8 Å². The molecule has 0 aliphatic rings. The fourth-order valence-electron chi connectivity index (χ4n) is 2.53. The topological polar surface area (TPSA) is 73.2 Å². The zero-order chi connectivity index (χ0) is 21.0. The maximum atomic E-state index is 12.7. The minimum Gasteiger partial charge on any atom is -0.484 e. The predicted molar refractivity (Wildman–Crippen MR) is 98.7 cm³/mol. The molecular weight excluding hydrogens is 387 g/mol. The van der Waals surface area contributed by atoms with Crippen molar-refractivity contribution < 1.29 is 27.5 Å². The number of aryl methyl sites for hydroxylation is 1. The second-order valence-electron chi connectivity index (χ2n) is 6.13. The molecule has 1 aromatic heterocycles. The molecule has 0 spiro atoms. The van der Waals surface area contributed by atoms with Crippen molar-refractivity contribution in [3.05, 3.63) is 77.9 Å². The van der Waals surface area contributed by atoms with Crippen LogP contribution in [0, 0.1) is 0 Å². The van der Waals surface area contributed by atoms with Gasteiger partial charge in [0, 0.05) is 30.7 Å². The van der Waals surface area contributed by atoms with E-state index in [1.165, 1.54) is 18.3 Å². The average molecular weight is 403 g/mol. The summed E-state index contributed by atoms with van der Waals surface area (Å²) in [6, 6.07) is 10.4. The first-order valence-electron chi connectivity index (χ1n) is 8.46. The third-order valence-electron chi connectivity index (χ3n) is 3.99. The molecule has 0 radical (unpaired) electrons. The summed E-state index contributed by atoms with van der Waals surface area (Å²) in [6.45, 7) is -0.463. The van der Waals surface area contributed by atoms with E-state index in [1.807, 2.05) is 0 Å². The molecule has 3 aromatic rings. The van der Waals surface area contributed by atoms with Crippen LogP contribution < -0.4 is 10.1 Å². The summed E-state index contributed by atoms with van der Waals surface area (Å²) in [7, 11) is 1.71. The maximum absolute atomic E-state index is 12.7. The molecule has 6 nitrogen and oxygen atoms in total. The second-order valence-corrected chi connectivity index (χ2v) is 6.13. The van der Waals surface area contributed by atoms with Crippen LogP contribution in [0.15, 0.2) is 60.9 Å². The van der Waals surface area contributed by atoms with Gasteiger partial charge in [-0.3, -0.25) is 9.59 Å². The Labute approximate surface area is 163 Å². The molecule has 0 unspecified atom stereocenters. The number of imidazole rings is 1. The highest BCUT2D eigenvalue weighted by Crippen LogP contribution is 2.31. The smallest absolute Gasteiger partial charge is 0.416 e. The molecular formula is C20H16F3N3O3. The van der Waals surface area contributed by atoms with Gasteiger partial charge in [-0.05, 0) is 42.5 Å². The molecule has 0 saturated carbocycles. The van der Waals surface area contributed by atoms with E-state index in [1.54, 1.807) is 42.1 Å². The molecule has 0 aliphatic heterocycles. The zero-order valence-corrected chi connectivity index (χ0v) is 15.2. The van der Waals surface area contributed by atoms with Gasteiger partial charge in [0.1, 0.15) is 5.75 Å². The van der Waals surface area contributed by atoms with E-state index in [4.69, 9.17) is 4.74 Å². The molecule has 1 N–H and O–H groups in total. The Morgan fingerprint density at radius 1 is 1.14 bits per heavy atom. The van der Waals surface area contributed by atoms with Crippen LogP contribution in [0.3, 0.4) is 0 Å². The molecule has 29 heavy (non-hydrogen) atoms. The highest BCUT2D eigenvalue weighted by Gasteiger charge is 2.30. The van der Waals surface area contributed by atoms with Crippen molar-refractivity contribution >= 4 is 17.4 Å². The third-order valence-corrected chi connectivity index (χ3v) is 3.99. The second kappa shape index (κ2) is 8.17. The summed E-state index contributed by atoms with van der Waals surface area (Å²) in [5.74, 6) is -0.587. The Kier molecular flexibility index (Phi) is 5.67. The number of nitrogens with one attached hydrogen (secondary N) is 1. The van der Waals surface area contributed by atoms with Gasteiger partial charge in [0.2, 0.25) is 5.78 Å². The summed E-state index contributed by atoms with van der Waals surface area (Å²) in [6.07, 6.45) is -1.31. The SMILES string of the molecule is Cn1ccnc1C(=O)c1ccc(NC(=O)COc2cccc(C(F)(F)F)c2)cc1. The van der Waals surface area contributed by atoms with Crippen LogP contribution in [0.5, 0.6) is 5.75 Å². The number of nitrogens with zero attached hydrogens (tertiary/aromatic N) is 2. The molecule has 150 valence electrons. The van der Waals surface area contributed by atoms with Crippen molar-refractivity contribution in [3.8, 4) is 5.75 Å². The Bertz CT molecular complexity index is 1030. The van der Waals surface area contributed by atoms with E-state index in [-0.39, 0.29) is 17.4 Å². The van der Waals surface area contributed by atoms with E-state index < -0.39 is 24.3 Å². The van der Waals surface area contributed by atoms with Crippen LogP contribution in [-0.2, 0) is 18.0 Å². The van der Waals surface area contributed by atoms with E-state index in [2.05, 4.69) is 10.3 Å². The monoisotopic (exact) mass is 403 g/mol. The van der Waals surface area contributed by atoms with Crippen molar-refractivity contribution in [3.63, 3.8) is 0 Å². The number of carbonyl (C=O) groups excluding carboxylic acids is 2. The largest absolute Gasteiger partial charge is 0.484 e. The molecule has 0 bridgehead atoms. The number of amides is 1. The molecule has 3 rings (SSSR count). The first-order valence-corrected chi connectivity index (χ1v) is 8.46.